The molecule has 1 unspecified atom stereocenters. The lowest BCUT2D eigenvalue weighted by atomic mass is 10.0. The van der Waals surface area contributed by atoms with Gasteiger partial charge in [-0.05, 0) is 57.2 Å². The lowest BCUT2D eigenvalue weighted by Crippen LogP contribution is -2.53. The predicted octanol–water partition coefficient (Wildman–Crippen LogP) is 6.82. The number of rotatable bonds is 10. The zero-order valence-electron chi connectivity index (χ0n) is 22.2. The van der Waals surface area contributed by atoms with E-state index < -0.39 is 17.8 Å². The van der Waals surface area contributed by atoms with Gasteiger partial charge in [-0.1, -0.05) is 91.7 Å². The van der Waals surface area contributed by atoms with Crippen LogP contribution in [0.1, 0.15) is 36.8 Å². The molecule has 1 atom stereocenters. The van der Waals surface area contributed by atoms with Crippen LogP contribution in [-0.4, -0.2) is 35.4 Å². The van der Waals surface area contributed by atoms with Crippen molar-refractivity contribution in [3.05, 3.63) is 112 Å². The zero-order valence-corrected chi connectivity index (χ0v) is 23.8. The van der Waals surface area contributed by atoms with E-state index in [1.807, 2.05) is 66.7 Å². The van der Waals surface area contributed by atoms with Crippen molar-refractivity contribution in [3.63, 3.8) is 0 Å². The second-order valence-corrected chi connectivity index (χ2v) is 11.0. The summed E-state index contributed by atoms with van der Waals surface area (Å²) in [5.41, 5.74) is 1.26. The molecule has 7 heteroatoms. The molecule has 1 aliphatic rings. The Labute approximate surface area is 242 Å². The van der Waals surface area contributed by atoms with E-state index in [4.69, 9.17) is 4.74 Å². The minimum atomic E-state index is -0.834. The molecular formula is C33H32BrFN2O3. The first kappa shape index (κ1) is 27.8. The molecule has 0 saturated heterocycles. The monoisotopic (exact) mass is 602 g/mol. The Hall–Kier alpha value is -3.71. The number of benzene rings is 4. The van der Waals surface area contributed by atoms with Crippen molar-refractivity contribution in [2.75, 3.05) is 6.61 Å². The summed E-state index contributed by atoms with van der Waals surface area (Å²) in [6.45, 7) is -0.350. The van der Waals surface area contributed by atoms with Crippen LogP contribution in [0.2, 0.25) is 0 Å². The van der Waals surface area contributed by atoms with Crippen LogP contribution < -0.4 is 10.1 Å². The Kier molecular flexibility index (Phi) is 9.12. The number of carbonyl (C=O) groups is 2. The molecule has 1 fully saturated rings. The van der Waals surface area contributed by atoms with Crippen molar-refractivity contribution in [2.45, 2.75) is 50.7 Å². The van der Waals surface area contributed by atoms with E-state index in [0.29, 0.717) is 17.7 Å². The normalized spacial score (nSPS) is 14.2. The average molecular weight is 604 g/mol. The highest BCUT2D eigenvalue weighted by atomic mass is 79.9. The van der Waals surface area contributed by atoms with Gasteiger partial charge in [0.2, 0.25) is 5.91 Å². The molecule has 40 heavy (non-hydrogen) atoms. The van der Waals surface area contributed by atoms with Gasteiger partial charge in [0.05, 0.1) is 4.47 Å². The maximum atomic E-state index is 14.8. The highest BCUT2D eigenvalue weighted by Crippen LogP contribution is 2.33. The second-order valence-electron chi connectivity index (χ2n) is 10.2. The molecule has 1 saturated carbocycles. The van der Waals surface area contributed by atoms with Crippen LogP contribution in [0.5, 0.6) is 5.75 Å². The Morgan fingerprint density at radius 3 is 2.40 bits per heavy atom. The number of halogens is 2. The number of hydrogen-bond acceptors (Lipinski definition) is 3. The van der Waals surface area contributed by atoms with E-state index in [9.17, 15) is 14.0 Å². The molecule has 0 radical (unpaired) electrons. The standard InChI is InChI=1S/C33H32BrFN2O3/c34-32-27-16-8-4-12-24(27)18-19-30(32)40-22-31(38)37(21-25-13-5-9-17-28(25)35)29(20-23-10-2-1-3-11-23)33(39)36-26-14-6-7-15-26/h1-5,8-13,16-19,26,29H,6-7,14-15,20-22H2,(H,36,39). The van der Waals surface area contributed by atoms with Crippen LogP contribution in [-0.2, 0) is 22.6 Å². The first-order valence-electron chi connectivity index (χ1n) is 13.7. The first-order valence-corrected chi connectivity index (χ1v) is 14.5. The van der Waals surface area contributed by atoms with Crippen LogP contribution in [0.4, 0.5) is 4.39 Å². The van der Waals surface area contributed by atoms with Gasteiger partial charge in [-0.25, -0.2) is 4.39 Å². The SMILES string of the molecule is O=C(NC1CCCC1)C(Cc1ccccc1)N(Cc1ccccc1F)C(=O)COc1ccc2ccccc2c1Br. The van der Waals surface area contributed by atoms with E-state index in [0.717, 1.165) is 46.5 Å². The Morgan fingerprint density at radius 2 is 1.62 bits per heavy atom. The largest absolute Gasteiger partial charge is 0.483 e. The minimum Gasteiger partial charge on any atom is -0.483 e. The van der Waals surface area contributed by atoms with Gasteiger partial charge in [-0.15, -0.1) is 0 Å². The number of nitrogens with one attached hydrogen (secondary N) is 1. The van der Waals surface area contributed by atoms with Crippen molar-refractivity contribution < 1.29 is 18.7 Å². The third-order valence-corrected chi connectivity index (χ3v) is 8.27. The van der Waals surface area contributed by atoms with Crippen LogP contribution in [0.25, 0.3) is 10.8 Å². The van der Waals surface area contributed by atoms with Gasteiger partial charge in [-0.2, -0.15) is 0 Å². The van der Waals surface area contributed by atoms with Crippen LogP contribution >= 0.6 is 15.9 Å². The fraction of sp³-hybridized carbons (Fsp3) is 0.273. The zero-order chi connectivity index (χ0) is 27.9. The van der Waals surface area contributed by atoms with Crippen molar-refractivity contribution in [1.29, 1.82) is 0 Å². The van der Waals surface area contributed by atoms with Crippen LogP contribution in [0, 0.1) is 5.82 Å². The highest BCUT2D eigenvalue weighted by Gasteiger charge is 2.33. The van der Waals surface area contributed by atoms with Gasteiger partial charge in [0.15, 0.2) is 6.61 Å². The van der Waals surface area contributed by atoms with E-state index in [2.05, 4.69) is 21.2 Å². The Balaban J connectivity index is 1.44. The molecular weight excluding hydrogens is 571 g/mol. The molecule has 0 aliphatic heterocycles. The maximum Gasteiger partial charge on any atom is 0.261 e. The summed E-state index contributed by atoms with van der Waals surface area (Å²) in [6.07, 6.45) is 4.29. The average Bonchev–Trinajstić information content (AvgIpc) is 3.49. The minimum absolute atomic E-state index is 0.0522. The van der Waals surface area contributed by atoms with Gasteiger partial charge in [-0.3, -0.25) is 9.59 Å². The number of ether oxygens (including phenoxy) is 1. The predicted molar refractivity (Wildman–Crippen MR) is 158 cm³/mol. The summed E-state index contributed by atoms with van der Waals surface area (Å²) in [6, 6.07) is 26.8. The van der Waals surface area contributed by atoms with E-state index in [1.165, 1.54) is 11.0 Å². The first-order chi connectivity index (χ1) is 19.5. The van der Waals surface area contributed by atoms with Gasteiger partial charge in [0.1, 0.15) is 17.6 Å². The van der Waals surface area contributed by atoms with E-state index in [-0.39, 0.29) is 25.1 Å². The third-order valence-electron chi connectivity index (χ3n) is 7.45. The molecule has 206 valence electrons. The maximum absolute atomic E-state index is 14.8. The molecule has 0 bridgehead atoms. The molecule has 1 N–H and O–H groups in total. The molecule has 4 aromatic carbocycles. The summed E-state index contributed by atoms with van der Waals surface area (Å²) >= 11 is 3.61. The van der Waals surface area contributed by atoms with E-state index >= 15 is 0 Å². The number of nitrogens with zero attached hydrogens (tertiary/aromatic N) is 1. The molecule has 0 aromatic heterocycles. The third kappa shape index (κ3) is 6.70. The quantitative estimate of drug-likeness (QED) is 0.217. The topological polar surface area (TPSA) is 58.6 Å². The van der Waals surface area contributed by atoms with Crippen molar-refractivity contribution in [3.8, 4) is 5.75 Å². The van der Waals surface area contributed by atoms with Gasteiger partial charge >= 0.3 is 0 Å². The molecule has 0 spiro atoms. The summed E-state index contributed by atoms with van der Waals surface area (Å²) in [7, 11) is 0. The van der Waals surface area contributed by atoms with Crippen LogP contribution in [0.15, 0.2) is 95.5 Å². The number of amides is 2. The number of carbonyl (C=O) groups excluding carboxylic acids is 2. The molecule has 5 rings (SSSR count). The molecule has 4 aromatic rings. The number of hydrogen-bond donors (Lipinski definition) is 1. The summed E-state index contributed by atoms with van der Waals surface area (Å²) in [5.74, 6) is -0.529. The molecule has 0 heterocycles. The fourth-order valence-electron chi connectivity index (χ4n) is 5.28. The lowest BCUT2D eigenvalue weighted by Gasteiger charge is -2.32. The van der Waals surface area contributed by atoms with Gasteiger partial charge in [0.25, 0.3) is 5.91 Å². The highest BCUT2D eigenvalue weighted by molar-refractivity contribution is 9.10. The molecule has 1 aliphatic carbocycles. The summed E-state index contributed by atoms with van der Waals surface area (Å²) in [5, 5.41) is 5.17. The van der Waals surface area contributed by atoms with Gasteiger partial charge in [0, 0.05) is 24.6 Å². The van der Waals surface area contributed by atoms with E-state index in [1.54, 1.807) is 18.2 Å². The Bertz CT molecular complexity index is 1470. The van der Waals surface area contributed by atoms with Crippen LogP contribution in [0.3, 0.4) is 0 Å². The van der Waals surface area contributed by atoms with Crippen molar-refractivity contribution in [2.24, 2.45) is 0 Å². The second kappa shape index (κ2) is 13.1. The van der Waals surface area contributed by atoms with Gasteiger partial charge < -0.3 is 15.0 Å². The van der Waals surface area contributed by atoms with Crippen molar-refractivity contribution in [1.82, 2.24) is 10.2 Å². The Morgan fingerprint density at radius 1 is 0.925 bits per heavy atom. The summed E-state index contributed by atoms with van der Waals surface area (Å²) in [4.78, 5) is 29.1. The smallest absolute Gasteiger partial charge is 0.261 e. The van der Waals surface area contributed by atoms with Crippen molar-refractivity contribution >= 4 is 38.5 Å². The lowest BCUT2D eigenvalue weighted by molar-refractivity contribution is -0.143. The molecule has 5 nitrogen and oxygen atoms in total. The fourth-order valence-corrected chi connectivity index (χ4v) is 5.89. The molecule has 2 amide bonds. The summed E-state index contributed by atoms with van der Waals surface area (Å²) < 4.78 is 21.6. The number of fused-ring (bicyclic) bond motifs is 1.